The lowest BCUT2D eigenvalue weighted by Crippen LogP contribution is -2.32. The minimum atomic E-state index is -1.08. The van der Waals surface area contributed by atoms with Gasteiger partial charge in [-0.3, -0.25) is 0 Å². The number of hydrogen-bond acceptors (Lipinski definition) is 13. The number of nitrogens with one attached hydrogen (secondary N) is 2. The summed E-state index contributed by atoms with van der Waals surface area (Å²) in [6.45, 7) is 0. The van der Waals surface area contributed by atoms with Crippen LogP contribution in [0.4, 0.5) is 17.6 Å². The average molecular weight is 458 g/mol. The number of aliphatic carboxylic acids is 1. The minimum Gasteiger partial charge on any atom is -0.480 e. The highest BCUT2D eigenvalue weighted by Gasteiger charge is 2.20. The third kappa shape index (κ3) is 6.25. The lowest BCUT2D eigenvalue weighted by molar-refractivity contribution is -0.137. The Morgan fingerprint density at radius 3 is 1.67 bits per heavy atom. The van der Waals surface area contributed by atoms with Gasteiger partial charge >= 0.3 is 30.0 Å². The average Bonchev–Trinajstić information content (AvgIpc) is 2.84. The first-order valence-electron chi connectivity index (χ1n) is 9.47. The van der Waals surface area contributed by atoms with Crippen LogP contribution >= 0.6 is 0 Å². The van der Waals surface area contributed by atoms with E-state index in [2.05, 4.69) is 40.5 Å². The summed E-state index contributed by atoms with van der Waals surface area (Å²) in [6.07, 6.45) is 0.152. The van der Waals surface area contributed by atoms with Crippen molar-refractivity contribution in [1.29, 1.82) is 0 Å². The number of ether oxygens (including phenoxy) is 4. The number of carbonyl (C=O) groups is 1. The van der Waals surface area contributed by atoms with Crippen molar-refractivity contribution in [2.75, 3.05) is 39.1 Å². The summed E-state index contributed by atoms with van der Waals surface area (Å²) < 4.78 is 20.0. The summed E-state index contributed by atoms with van der Waals surface area (Å²) in [6, 6.07) is 6.22. The number of anilines is 3. The molecule has 2 aromatic heterocycles. The van der Waals surface area contributed by atoms with Gasteiger partial charge in [0, 0.05) is 12.1 Å². The quantitative estimate of drug-likeness (QED) is 0.370. The Morgan fingerprint density at radius 1 is 0.788 bits per heavy atom. The predicted octanol–water partition coefficient (Wildman–Crippen LogP) is 0.942. The molecule has 3 N–H and O–H groups in total. The summed E-state index contributed by atoms with van der Waals surface area (Å²) in [7, 11) is 5.63. The molecule has 14 nitrogen and oxygen atoms in total. The second-order valence-electron chi connectivity index (χ2n) is 6.33. The van der Waals surface area contributed by atoms with Crippen LogP contribution in [0, 0.1) is 0 Å². The van der Waals surface area contributed by atoms with Gasteiger partial charge in [-0.05, 0) is 17.7 Å². The summed E-state index contributed by atoms with van der Waals surface area (Å²) in [5, 5.41) is 15.4. The highest BCUT2D eigenvalue weighted by atomic mass is 16.5. The van der Waals surface area contributed by atoms with E-state index in [1.807, 2.05) is 0 Å². The molecule has 14 heteroatoms. The number of methoxy groups -OCH3 is 4. The smallest absolute Gasteiger partial charge is 0.326 e. The Labute approximate surface area is 188 Å². The molecule has 33 heavy (non-hydrogen) atoms. The maximum Gasteiger partial charge on any atom is 0.326 e. The van der Waals surface area contributed by atoms with Gasteiger partial charge in [0.25, 0.3) is 0 Å². The van der Waals surface area contributed by atoms with E-state index in [-0.39, 0.29) is 42.4 Å². The Balaban J connectivity index is 1.71. The highest BCUT2D eigenvalue weighted by Crippen LogP contribution is 2.19. The van der Waals surface area contributed by atoms with Gasteiger partial charge < -0.3 is 34.7 Å². The maximum atomic E-state index is 11.8. The molecule has 174 valence electrons. The molecule has 0 aliphatic heterocycles. The number of benzene rings is 1. The van der Waals surface area contributed by atoms with Gasteiger partial charge in [0.1, 0.15) is 6.04 Å². The van der Waals surface area contributed by atoms with E-state index in [0.717, 1.165) is 5.56 Å². The zero-order valence-corrected chi connectivity index (χ0v) is 18.3. The SMILES string of the molecule is COc1nc(Nc2ccc(C[C@H](Nc3nc(OC)nc(OC)n3)C(=O)O)cc2)nc(OC)n1. The van der Waals surface area contributed by atoms with Crippen LogP contribution in [0.1, 0.15) is 5.56 Å². The maximum absolute atomic E-state index is 11.8. The molecule has 0 saturated carbocycles. The molecule has 2 heterocycles. The highest BCUT2D eigenvalue weighted by molar-refractivity contribution is 5.77. The molecular formula is C19H22N8O6. The molecule has 0 radical (unpaired) electrons. The van der Waals surface area contributed by atoms with E-state index < -0.39 is 12.0 Å². The third-order valence-corrected chi connectivity index (χ3v) is 4.17. The zero-order valence-electron chi connectivity index (χ0n) is 18.3. The molecule has 0 aliphatic rings. The lowest BCUT2D eigenvalue weighted by atomic mass is 10.1. The van der Waals surface area contributed by atoms with Crippen LogP contribution in [0.5, 0.6) is 24.0 Å². The molecule has 0 fully saturated rings. The molecule has 0 bridgehead atoms. The summed E-state index contributed by atoms with van der Waals surface area (Å²) in [4.78, 5) is 35.8. The number of aromatic nitrogens is 6. The van der Waals surface area contributed by atoms with Gasteiger partial charge in [0.2, 0.25) is 11.9 Å². The first kappa shape index (κ1) is 23.2. The van der Waals surface area contributed by atoms with Crippen LogP contribution in [0.25, 0.3) is 0 Å². The number of hydrogen-bond donors (Lipinski definition) is 3. The number of carboxylic acid groups (broad SMARTS) is 1. The first-order chi connectivity index (χ1) is 15.9. The molecule has 1 aromatic carbocycles. The molecule has 3 rings (SSSR count). The zero-order chi connectivity index (χ0) is 23.8. The molecule has 0 aliphatic carbocycles. The fourth-order valence-corrected chi connectivity index (χ4v) is 2.61. The van der Waals surface area contributed by atoms with Gasteiger partial charge in [0.05, 0.1) is 28.4 Å². The van der Waals surface area contributed by atoms with Crippen LogP contribution in [-0.4, -0.2) is 75.5 Å². The van der Waals surface area contributed by atoms with Crippen molar-refractivity contribution in [1.82, 2.24) is 29.9 Å². The Hall–Kier alpha value is -4.49. The van der Waals surface area contributed by atoms with Crippen LogP contribution in [0.2, 0.25) is 0 Å². The molecular weight excluding hydrogens is 436 g/mol. The fourth-order valence-electron chi connectivity index (χ4n) is 2.61. The van der Waals surface area contributed by atoms with Crippen molar-refractivity contribution in [3.05, 3.63) is 29.8 Å². The fraction of sp³-hybridized carbons (Fsp3) is 0.316. The van der Waals surface area contributed by atoms with Gasteiger partial charge in [-0.15, -0.1) is 9.97 Å². The van der Waals surface area contributed by atoms with Crippen molar-refractivity contribution in [2.45, 2.75) is 12.5 Å². The molecule has 1 atom stereocenters. The summed E-state index contributed by atoms with van der Waals surface area (Å²) in [5.41, 5.74) is 1.42. The van der Waals surface area contributed by atoms with E-state index in [1.165, 1.54) is 28.4 Å². The van der Waals surface area contributed by atoms with Crippen LogP contribution in [-0.2, 0) is 11.2 Å². The largest absolute Gasteiger partial charge is 0.480 e. The van der Waals surface area contributed by atoms with Gasteiger partial charge in [0.15, 0.2) is 0 Å². The first-order valence-corrected chi connectivity index (χ1v) is 9.47. The van der Waals surface area contributed by atoms with E-state index in [1.54, 1.807) is 24.3 Å². The number of nitrogens with zero attached hydrogens (tertiary/aromatic N) is 6. The Morgan fingerprint density at radius 2 is 1.24 bits per heavy atom. The second-order valence-corrected chi connectivity index (χ2v) is 6.33. The third-order valence-electron chi connectivity index (χ3n) is 4.17. The molecule has 0 saturated heterocycles. The topological polar surface area (TPSA) is 176 Å². The van der Waals surface area contributed by atoms with Crippen molar-refractivity contribution >= 4 is 23.6 Å². The second kappa shape index (κ2) is 10.7. The monoisotopic (exact) mass is 458 g/mol. The lowest BCUT2D eigenvalue weighted by Gasteiger charge is -2.15. The normalized spacial score (nSPS) is 11.3. The van der Waals surface area contributed by atoms with Crippen LogP contribution < -0.4 is 29.6 Å². The standard InChI is InChI=1S/C19H22N8O6/c1-30-16-22-14(23-17(26-16)31-2)20-11-7-5-10(6-8-11)9-12(13(28)29)21-15-24-18(32-3)27-19(25-15)33-4/h5-8,12H,9H2,1-4H3,(H,28,29)(H,20,22,23,26)(H,21,24,25,27)/t12-/m0/s1. The van der Waals surface area contributed by atoms with Gasteiger partial charge in [-0.1, -0.05) is 12.1 Å². The predicted molar refractivity (Wildman–Crippen MR) is 114 cm³/mol. The van der Waals surface area contributed by atoms with E-state index in [9.17, 15) is 9.90 Å². The molecule has 0 spiro atoms. The van der Waals surface area contributed by atoms with Gasteiger partial charge in [-0.25, -0.2) is 4.79 Å². The van der Waals surface area contributed by atoms with Crippen molar-refractivity contribution in [2.24, 2.45) is 0 Å². The summed E-state index contributed by atoms with van der Waals surface area (Å²) in [5.74, 6) is -0.837. The summed E-state index contributed by atoms with van der Waals surface area (Å²) >= 11 is 0. The Bertz CT molecular complexity index is 1050. The molecule has 0 amide bonds. The minimum absolute atomic E-state index is 0.00416. The molecule has 3 aromatic rings. The van der Waals surface area contributed by atoms with E-state index >= 15 is 0 Å². The Kier molecular flexibility index (Phi) is 7.51. The van der Waals surface area contributed by atoms with Crippen molar-refractivity contribution in [3.8, 4) is 24.0 Å². The van der Waals surface area contributed by atoms with Gasteiger partial charge in [-0.2, -0.15) is 19.9 Å². The van der Waals surface area contributed by atoms with Crippen LogP contribution in [0.15, 0.2) is 24.3 Å². The number of carboxylic acids is 1. The number of rotatable bonds is 11. The van der Waals surface area contributed by atoms with E-state index in [0.29, 0.717) is 5.69 Å². The van der Waals surface area contributed by atoms with Crippen molar-refractivity contribution in [3.63, 3.8) is 0 Å². The van der Waals surface area contributed by atoms with E-state index in [4.69, 9.17) is 18.9 Å². The molecule has 0 unspecified atom stereocenters. The van der Waals surface area contributed by atoms with Crippen molar-refractivity contribution < 1.29 is 28.8 Å². The van der Waals surface area contributed by atoms with Crippen LogP contribution in [0.3, 0.4) is 0 Å².